The van der Waals surface area contributed by atoms with E-state index < -0.39 is 5.95 Å². The van der Waals surface area contributed by atoms with Crippen LogP contribution in [0.3, 0.4) is 0 Å². The van der Waals surface area contributed by atoms with E-state index in [1.165, 1.54) is 6.08 Å². The predicted molar refractivity (Wildman–Crippen MR) is 31.4 cm³/mol. The minimum atomic E-state index is -0.606. The highest BCUT2D eigenvalue weighted by atomic mass is 19.1. The molecule has 1 aliphatic heterocycles. The smallest absolute Gasteiger partial charge is 0.213 e. The molecule has 0 aromatic rings. The Morgan fingerprint density at radius 2 is 2.44 bits per heavy atom. The van der Waals surface area contributed by atoms with Gasteiger partial charge in [-0.1, -0.05) is 12.2 Å². The molecule has 0 saturated heterocycles. The van der Waals surface area contributed by atoms with E-state index in [0.717, 1.165) is 0 Å². The number of allylic oxidation sites excluding steroid dienone is 2. The molecule has 1 unspecified atom stereocenters. The van der Waals surface area contributed by atoms with Gasteiger partial charge in [-0.15, -0.1) is 0 Å². The van der Waals surface area contributed by atoms with E-state index in [-0.39, 0.29) is 6.04 Å². The van der Waals surface area contributed by atoms with Gasteiger partial charge in [-0.05, 0) is 13.0 Å². The van der Waals surface area contributed by atoms with Crippen LogP contribution >= 0.6 is 0 Å². The Kier molecular flexibility index (Phi) is 1.53. The van der Waals surface area contributed by atoms with Crippen LogP contribution in [0.5, 0.6) is 0 Å². The Morgan fingerprint density at radius 1 is 1.78 bits per heavy atom. The Bertz CT molecular complexity index is 164. The summed E-state index contributed by atoms with van der Waals surface area (Å²) >= 11 is 0. The minimum absolute atomic E-state index is 0.255. The maximum absolute atomic E-state index is 12.3. The fourth-order valence-corrected chi connectivity index (χ4v) is 0.648. The summed E-state index contributed by atoms with van der Waals surface area (Å²) in [7, 11) is 0. The second-order valence-electron chi connectivity index (χ2n) is 1.96. The van der Waals surface area contributed by atoms with Gasteiger partial charge in [0.15, 0.2) is 0 Å². The molecule has 9 heavy (non-hydrogen) atoms. The van der Waals surface area contributed by atoms with Gasteiger partial charge in [0.05, 0.1) is 6.04 Å². The summed E-state index contributed by atoms with van der Waals surface area (Å²) in [5, 5.41) is 9.37. The van der Waals surface area contributed by atoms with Crippen LogP contribution in [0.15, 0.2) is 24.2 Å². The van der Waals surface area contributed by atoms with Crippen molar-refractivity contribution in [3.05, 3.63) is 24.2 Å². The molecular formula is C6H8FNO. The molecule has 0 spiro atoms. The van der Waals surface area contributed by atoms with Gasteiger partial charge in [0.2, 0.25) is 5.95 Å². The van der Waals surface area contributed by atoms with Crippen LogP contribution < -0.4 is 0 Å². The number of hydrogen-bond acceptors (Lipinski definition) is 2. The summed E-state index contributed by atoms with van der Waals surface area (Å²) in [5.74, 6) is -0.606. The van der Waals surface area contributed by atoms with Crippen molar-refractivity contribution in [1.29, 1.82) is 0 Å². The number of hydroxylamine groups is 2. The van der Waals surface area contributed by atoms with Crippen LogP contribution in [-0.2, 0) is 0 Å². The van der Waals surface area contributed by atoms with Gasteiger partial charge in [0.25, 0.3) is 0 Å². The van der Waals surface area contributed by atoms with E-state index in [1.807, 2.05) is 0 Å². The minimum Gasteiger partial charge on any atom is -0.286 e. The second-order valence-corrected chi connectivity index (χ2v) is 1.96. The van der Waals surface area contributed by atoms with Gasteiger partial charge in [-0.25, -0.2) is 5.06 Å². The van der Waals surface area contributed by atoms with Crippen molar-refractivity contribution in [1.82, 2.24) is 5.06 Å². The van der Waals surface area contributed by atoms with Crippen molar-refractivity contribution in [2.24, 2.45) is 0 Å². The third-order valence-electron chi connectivity index (χ3n) is 1.23. The Balaban J connectivity index is 2.73. The molecule has 1 N–H and O–H groups in total. The SMILES string of the molecule is CC1C=CC=C(F)N1O. The largest absolute Gasteiger partial charge is 0.286 e. The van der Waals surface area contributed by atoms with E-state index in [9.17, 15) is 4.39 Å². The third-order valence-corrected chi connectivity index (χ3v) is 1.23. The highest BCUT2D eigenvalue weighted by molar-refractivity contribution is 5.13. The lowest BCUT2D eigenvalue weighted by Gasteiger charge is -2.21. The molecule has 1 rings (SSSR count). The van der Waals surface area contributed by atoms with Gasteiger partial charge in [-0.3, -0.25) is 5.21 Å². The van der Waals surface area contributed by atoms with E-state index in [2.05, 4.69) is 0 Å². The van der Waals surface area contributed by atoms with Crippen molar-refractivity contribution in [3.8, 4) is 0 Å². The zero-order valence-electron chi connectivity index (χ0n) is 5.08. The molecule has 2 nitrogen and oxygen atoms in total. The average molecular weight is 129 g/mol. The van der Waals surface area contributed by atoms with Gasteiger partial charge < -0.3 is 0 Å². The molecule has 0 fully saturated rings. The molecule has 1 atom stereocenters. The van der Waals surface area contributed by atoms with Crippen LogP contribution in [0.2, 0.25) is 0 Å². The molecule has 0 bridgehead atoms. The summed E-state index contributed by atoms with van der Waals surface area (Å²) < 4.78 is 12.3. The lowest BCUT2D eigenvalue weighted by atomic mass is 10.2. The Hall–Kier alpha value is -0.830. The predicted octanol–water partition coefficient (Wildman–Crippen LogP) is 1.45. The average Bonchev–Trinajstić information content (AvgIpc) is 1.83. The van der Waals surface area contributed by atoms with E-state index in [1.54, 1.807) is 19.1 Å². The van der Waals surface area contributed by atoms with Gasteiger partial charge in [-0.2, -0.15) is 4.39 Å². The standard InChI is InChI=1S/C6H8FNO/c1-5-3-2-4-6(7)8(5)9/h2-5,9H,1H3. The maximum Gasteiger partial charge on any atom is 0.213 e. The van der Waals surface area contributed by atoms with Gasteiger partial charge in [0.1, 0.15) is 0 Å². The lowest BCUT2D eigenvalue weighted by molar-refractivity contribution is -0.0958. The first-order valence-electron chi connectivity index (χ1n) is 2.74. The van der Waals surface area contributed by atoms with Crippen molar-refractivity contribution in [2.75, 3.05) is 0 Å². The summed E-state index contributed by atoms with van der Waals surface area (Å²) in [5.41, 5.74) is 0. The summed E-state index contributed by atoms with van der Waals surface area (Å²) in [4.78, 5) is 0. The summed E-state index contributed by atoms with van der Waals surface area (Å²) in [6, 6.07) is -0.255. The topological polar surface area (TPSA) is 23.5 Å². The highest BCUT2D eigenvalue weighted by Gasteiger charge is 2.13. The number of rotatable bonds is 0. The van der Waals surface area contributed by atoms with Crippen molar-refractivity contribution in [3.63, 3.8) is 0 Å². The zero-order chi connectivity index (χ0) is 6.85. The number of halogens is 1. The van der Waals surface area contributed by atoms with Crippen molar-refractivity contribution >= 4 is 0 Å². The first-order valence-corrected chi connectivity index (χ1v) is 2.74. The molecule has 0 saturated carbocycles. The van der Waals surface area contributed by atoms with Crippen molar-refractivity contribution in [2.45, 2.75) is 13.0 Å². The molecule has 0 aliphatic carbocycles. The molecule has 1 heterocycles. The third kappa shape index (κ3) is 1.10. The van der Waals surface area contributed by atoms with Crippen LogP contribution in [0.4, 0.5) is 4.39 Å². The first-order chi connectivity index (χ1) is 4.22. The quantitative estimate of drug-likeness (QED) is 0.500. The van der Waals surface area contributed by atoms with Crippen molar-refractivity contribution < 1.29 is 9.60 Å². The fourth-order valence-electron chi connectivity index (χ4n) is 0.648. The van der Waals surface area contributed by atoms with Crippen LogP contribution in [0.25, 0.3) is 0 Å². The normalized spacial score (nSPS) is 26.3. The Morgan fingerprint density at radius 3 is 2.89 bits per heavy atom. The molecule has 50 valence electrons. The first kappa shape index (κ1) is 6.29. The monoisotopic (exact) mass is 129 g/mol. The highest BCUT2D eigenvalue weighted by Crippen LogP contribution is 2.12. The van der Waals surface area contributed by atoms with E-state index in [4.69, 9.17) is 5.21 Å². The lowest BCUT2D eigenvalue weighted by Crippen LogP contribution is -2.27. The molecular weight excluding hydrogens is 121 g/mol. The molecule has 0 aromatic carbocycles. The molecule has 3 heteroatoms. The van der Waals surface area contributed by atoms with E-state index in [0.29, 0.717) is 5.06 Å². The fraction of sp³-hybridized carbons (Fsp3) is 0.333. The number of nitrogens with zero attached hydrogens (tertiary/aromatic N) is 1. The zero-order valence-corrected chi connectivity index (χ0v) is 5.08. The van der Waals surface area contributed by atoms with Gasteiger partial charge in [0, 0.05) is 0 Å². The molecule has 0 aromatic heterocycles. The van der Waals surface area contributed by atoms with E-state index >= 15 is 0 Å². The van der Waals surface area contributed by atoms with Crippen LogP contribution in [0.1, 0.15) is 6.92 Å². The van der Waals surface area contributed by atoms with Crippen LogP contribution in [0, 0.1) is 0 Å². The van der Waals surface area contributed by atoms with Gasteiger partial charge >= 0.3 is 0 Å². The van der Waals surface area contributed by atoms with Crippen LogP contribution in [-0.4, -0.2) is 16.3 Å². The Labute approximate surface area is 52.9 Å². The summed E-state index contributed by atoms with van der Waals surface area (Å²) in [6.45, 7) is 1.70. The summed E-state index contributed by atoms with van der Waals surface area (Å²) in [6.07, 6.45) is 4.48. The molecule has 0 radical (unpaired) electrons. The molecule has 1 aliphatic rings. The maximum atomic E-state index is 12.3. The second kappa shape index (κ2) is 2.19. The molecule has 0 amide bonds. The number of hydrogen-bond donors (Lipinski definition) is 1.